The summed E-state index contributed by atoms with van der Waals surface area (Å²) in [4.78, 5) is 14.0. The van der Waals surface area contributed by atoms with Crippen molar-refractivity contribution in [3.8, 4) is 0 Å². The summed E-state index contributed by atoms with van der Waals surface area (Å²) in [6, 6.07) is 14.4. The first-order chi connectivity index (χ1) is 12.4. The minimum atomic E-state index is -3.24. The van der Waals surface area contributed by atoms with Crippen molar-refractivity contribution in [2.45, 2.75) is 13.0 Å². The van der Waals surface area contributed by atoms with Crippen molar-refractivity contribution in [1.29, 1.82) is 0 Å². The smallest absolute Gasteiger partial charge is 0.321 e. The predicted molar refractivity (Wildman–Crippen MR) is 107 cm³/mol. The van der Waals surface area contributed by atoms with Gasteiger partial charge in [0.1, 0.15) is 0 Å². The SMILES string of the molecule is CN(Cc1ccccc1Br)C(=O)Nc1cccc(N2CCCS2(=O)=O)c1. The minimum absolute atomic E-state index is 0.165. The van der Waals surface area contributed by atoms with Crippen LogP contribution in [-0.2, 0) is 16.6 Å². The molecule has 6 nitrogen and oxygen atoms in total. The zero-order chi connectivity index (χ0) is 18.7. The Bertz CT molecular complexity index is 917. The molecule has 0 atom stereocenters. The van der Waals surface area contributed by atoms with Gasteiger partial charge in [-0.2, -0.15) is 0 Å². The van der Waals surface area contributed by atoms with Gasteiger partial charge in [-0.3, -0.25) is 4.31 Å². The second-order valence-corrected chi connectivity index (χ2v) is 9.04. The van der Waals surface area contributed by atoms with E-state index in [0.29, 0.717) is 30.9 Å². The van der Waals surface area contributed by atoms with Crippen LogP contribution in [0.1, 0.15) is 12.0 Å². The fourth-order valence-corrected chi connectivity index (χ4v) is 4.81. The zero-order valence-electron chi connectivity index (χ0n) is 14.4. The third kappa shape index (κ3) is 4.19. The lowest BCUT2D eigenvalue weighted by molar-refractivity contribution is 0.220. The molecule has 3 rings (SSSR count). The molecule has 2 aromatic carbocycles. The van der Waals surface area contributed by atoms with Crippen LogP contribution in [0.3, 0.4) is 0 Å². The van der Waals surface area contributed by atoms with E-state index in [1.807, 2.05) is 24.3 Å². The monoisotopic (exact) mass is 437 g/mol. The van der Waals surface area contributed by atoms with Crippen LogP contribution >= 0.6 is 15.9 Å². The Labute approximate surface area is 162 Å². The summed E-state index contributed by atoms with van der Waals surface area (Å²) in [7, 11) is -1.53. The molecule has 26 heavy (non-hydrogen) atoms. The Morgan fingerprint density at radius 3 is 2.69 bits per heavy atom. The van der Waals surface area contributed by atoms with Crippen LogP contribution in [0.25, 0.3) is 0 Å². The molecule has 0 aliphatic carbocycles. The van der Waals surface area contributed by atoms with Gasteiger partial charge in [-0.15, -0.1) is 0 Å². The number of urea groups is 1. The van der Waals surface area contributed by atoms with Crippen LogP contribution in [0.4, 0.5) is 16.2 Å². The Balaban J connectivity index is 1.70. The maximum Gasteiger partial charge on any atom is 0.321 e. The molecule has 0 unspecified atom stereocenters. The molecule has 0 spiro atoms. The zero-order valence-corrected chi connectivity index (χ0v) is 16.8. The highest BCUT2D eigenvalue weighted by Crippen LogP contribution is 2.26. The number of halogens is 1. The average molecular weight is 438 g/mol. The van der Waals surface area contributed by atoms with Gasteiger partial charge in [-0.1, -0.05) is 40.2 Å². The number of sulfonamides is 1. The number of amides is 2. The van der Waals surface area contributed by atoms with Gasteiger partial charge in [0.15, 0.2) is 0 Å². The summed E-state index contributed by atoms with van der Waals surface area (Å²) < 4.78 is 26.5. The Morgan fingerprint density at radius 2 is 2.00 bits per heavy atom. The van der Waals surface area contributed by atoms with E-state index in [-0.39, 0.29) is 11.8 Å². The van der Waals surface area contributed by atoms with E-state index >= 15 is 0 Å². The highest BCUT2D eigenvalue weighted by atomic mass is 79.9. The van der Waals surface area contributed by atoms with Gasteiger partial charge in [0.05, 0.1) is 11.4 Å². The van der Waals surface area contributed by atoms with E-state index in [1.54, 1.807) is 36.2 Å². The van der Waals surface area contributed by atoms with Gasteiger partial charge in [0.2, 0.25) is 10.0 Å². The molecule has 1 aliphatic rings. The number of anilines is 2. The van der Waals surface area contributed by atoms with E-state index in [4.69, 9.17) is 0 Å². The molecule has 0 radical (unpaired) electrons. The lowest BCUT2D eigenvalue weighted by Crippen LogP contribution is -2.31. The van der Waals surface area contributed by atoms with Crippen LogP contribution in [0.15, 0.2) is 53.0 Å². The third-order valence-corrected chi connectivity index (χ3v) is 6.84. The molecule has 0 bridgehead atoms. The van der Waals surface area contributed by atoms with Gasteiger partial charge < -0.3 is 10.2 Å². The first-order valence-electron chi connectivity index (χ1n) is 8.23. The number of hydrogen-bond acceptors (Lipinski definition) is 3. The van der Waals surface area contributed by atoms with Crippen molar-refractivity contribution >= 4 is 43.4 Å². The van der Waals surface area contributed by atoms with Crippen LogP contribution in [-0.4, -0.2) is 38.7 Å². The number of carbonyl (C=O) groups is 1. The quantitative estimate of drug-likeness (QED) is 0.793. The number of benzene rings is 2. The summed E-state index contributed by atoms with van der Waals surface area (Å²) in [5, 5.41) is 2.82. The maximum atomic E-state index is 12.5. The van der Waals surface area contributed by atoms with Crippen molar-refractivity contribution in [1.82, 2.24) is 4.90 Å². The standard InChI is InChI=1S/C18H20BrN3O3S/c1-21(13-14-6-2-3-9-17(14)19)18(23)20-15-7-4-8-16(12-15)22-10-5-11-26(22,24)25/h2-4,6-9,12H,5,10-11,13H2,1H3,(H,20,23). The van der Waals surface area contributed by atoms with E-state index < -0.39 is 10.0 Å². The molecule has 8 heteroatoms. The molecule has 1 N–H and O–H groups in total. The second kappa shape index (κ2) is 7.67. The Morgan fingerprint density at radius 1 is 1.23 bits per heavy atom. The number of hydrogen-bond donors (Lipinski definition) is 1. The van der Waals surface area contributed by atoms with Crippen LogP contribution in [0.5, 0.6) is 0 Å². The lowest BCUT2D eigenvalue weighted by Gasteiger charge is -2.20. The molecule has 0 aromatic heterocycles. The molecule has 2 amide bonds. The summed E-state index contributed by atoms with van der Waals surface area (Å²) >= 11 is 3.48. The second-order valence-electron chi connectivity index (χ2n) is 6.17. The largest absolute Gasteiger partial charge is 0.323 e. The summed E-state index contributed by atoms with van der Waals surface area (Å²) in [6.07, 6.45) is 0.619. The number of nitrogens with zero attached hydrogens (tertiary/aromatic N) is 2. The molecule has 0 saturated carbocycles. The molecule has 1 aliphatic heterocycles. The first-order valence-corrected chi connectivity index (χ1v) is 10.6. The van der Waals surface area contributed by atoms with Crippen molar-refractivity contribution in [2.24, 2.45) is 0 Å². The Kier molecular flexibility index (Phi) is 5.52. The highest BCUT2D eigenvalue weighted by Gasteiger charge is 2.28. The predicted octanol–water partition coefficient (Wildman–Crippen LogP) is 3.65. The van der Waals surface area contributed by atoms with Gasteiger partial charge in [0, 0.05) is 30.3 Å². The van der Waals surface area contributed by atoms with Crippen molar-refractivity contribution in [3.05, 3.63) is 58.6 Å². The number of rotatable bonds is 4. The van der Waals surface area contributed by atoms with Gasteiger partial charge in [0.25, 0.3) is 0 Å². The molecule has 1 fully saturated rings. The normalized spacial score (nSPS) is 15.7. The van der Waals surface area contributed by atoms with Crippen LogP contribution in [0.2, 0.25) is 0 Å². The molecular formula is C18H20BrN3O3S. The van der Waals surface area contributed by atoms with E-state index in [2.05, 4.69) is 21.2 Å². The molecule has 1 heterocycles. The molecule has 2 aromatic rings. The molecule has 138 valence electrons. The minimum Gasteiger partial charge on any atom is -0.323 e. The van der Waals surface area contributed by atoms with E-state index in [9.17, 15) is 13.2 Å². The van der Waals surface area contributed by atoms with E-state index in [0.717, 1.165) is 10.0 Å². The van der Waals surface area contributed by atoms with Gasteiger partial charge in [-0.05, 0) is 36.2 Å². The fraction of sp³-hybridized carbons (Fsp3) is 0.278. The Hall–Kier alpha value is -2.06. The highest BCUT2D eigenvalue weighted by molar-refractivity contribution is 9.10. The molecule has 1 saturated heterocycles. The fourth-order valence-electron chi connectivity index (χ4n) is 2.84. The van der Waals surface area contributed by atoms with Gasteiger partial charge in [-0.25, -0.2) is 13.2 Å². The molecular weight excluding hydrogens is 418 g/mol. The van der Waals surface area contributed by atoms with E-state index in [1.165, 1.54) is 4.31 Å². The van der Waals surface area contributed by atoms with Crippen molar-refractivity contribution in [2.75, 3.05) is 29.0 Å². The topological polar surface area (TPSA) is 69.7 Å². The number of carbonyl (C=O) groups excluding carboxylic acids is 1. The lowest BCUT2D eigenvalue weighted by atomic mass is 10.2. The van der Waals surface area contributed by atoms with Crippen molar-refractivity contribution < 1.29 is 13.2 Å². The van der Waals surface area contributed by atoms with Crippen molar-refractivity contribution in [3.63, 3.8) is 0 Å². The number of nitrogens with one attached hydrogen (secondary N) is 1. The third-order valence-electron chi connectivity index (χ3n) is 4.20. The summed E-state index contributed by atoms with van der Waals surface area (Å²) in [5.74, 6) is 0.165. The van der Waals surface area contributed by atoms with Crippen LogP contribution < -0.4 is 9.62 Å². The maximum absolute atomic E-state index is 12.5. The van der Waals surface area contributed by atoms with Crippen LogP contribution in [0, 0.1) is 0 Å². The summed E-state index contributed by atoms with van der Waals surface area (Å²) in [5.41, 5.74) is 2.14. The first kappa shape index (κ1) is 18.7. The summed E-state index contributed by atoms with van der Waals surface area (Å²) in [6.45, 7) is 0.926. The average Bonchev–Trinajstić information content (AvgIpc) is 2.96. The van der Waals surface area contributed by atoms with Gasteiger partial charge >= 0.3 is 6.03 Å².